The minimum Gasteiger partial charge on any atom is -0.508 e. The standard InChI is InChI=1S/C9H11NO/c1-2-7-10-8-3-5-9(11)6-4-8/h2-6,10-11H,1,7H2. The van der Waals surface area contributed by atoms with E-state index < -0.39 is 0 Å². The number of nitrogens with one attached hydrogen (secondary N) is 1. The van der Waals surface area contributed by atoms with Crippen LogP contribution in [-0.2, 0) is 0 Å². The Morgan fingerprint density at radius 2 is 2.00 bits per heavy atom. The van der Waals surface area contributed by atoms with Crippen LogP contribution >= 0.6 is 0 Å². The molecule has 2 N–H and O–H groups in total. The van der Waals surface area contributed by atoms with Crippen LogP contribution in [0.1, 0.15) is 0 Å². The van der Waals surface area contributed by atoms with Crippen LogP contribution in [0.25, 0.3) is 0 Å². The van der Waals surface area contributed by atoms with Gasteiger partial charge in [0, 0.05) is 12.2 Å². The van der Waals surface area contributed by atoms with Crippen LogP contribution in [0.4, 0.5) is 5.69 Å². The van der Waals surface area contributed by atoms with Gasteiger partial charge in [-0.3, -0.25) is 0 Å². The minimum absolute atomic E-state index is 0.286. The largest absolute Gasteiger partial charge is 0.508 e. The van der Waals surface area contributed by atoms with E-state index in [1.54, 1.807) is 18.2 Å². The lowest BCUT2D eigenvalue weighted by Gasteiger charge is -2.01. The molecule has 0 saturated carbocycles. The van der Waals surface area contributed by atoms with Crippen LogP contribution in [0.2, 0.25) is 0 Å². The molecular formula is C9H11NO. The molecule has 0 spiro atoms. The molecular weight excluding hydrogens is 138 g/mol. The number of phenols is 1. The SMILES string of the molecule is C=CCNc1ccc(O)cc1. The third-order valence-electron chi connectivity index (χ3n) is 1.32. The van der Waals surface area contributed by atoms with Gasteiger partial charge in [-0.25, -0.2) is 0 Å². The van der Waals surface area contributed by atoms with Gasteiger partial charge in [0.15, 0.2) is 0 Å². The Morgan fingerprint density at radius 3 is 2.55 bits per heavy atom. The smallest absolute Gasteiger partial charge is 0.115 e. The van der Waals surface area contributed by atoms with Gasteiger partial charge in [0.1, 0.15) is 5.75 Å². The Morgan fingerprint density at radius 1 is 1.36 bits per heavy atom. The quantitative estimate of drug-likeness (QED) is 0.509. The van der Waals surface area contributed by atoms with Gasteiger partial charge in [-0.15, -0.1) is 6.58 Å². The lowest BCUT2D eigenvalue weighted by Crippen LogP contribution is -1.96. The van der Waals surface area contributed by atoms with Gasteiger partial charge in [0.05, 0.1) is 0 Å². The first kappa shape index (κ1) is 7.66. The number of rotatable bonds is 3. The van der Waals surface area contributed by atoms with Crippen LogP contribution in [0.15, 0.2) is 36.9 Å². The van der Waals surface area contributed by atoms with Crippen molar-refractivity contribution in [2.24, 2.45) is 0 Å². The van der Waals surface area contributed by atoms with E-state index in [0.717, 1.165) is 12.2 Å². The van der Waals surface area contributed by atoms with E-state index in [1.807, 2.05) is 12.1 Å². The fourth-order valence-corrected chi connectivity index (χ4v) is 0.769. The Bertz CT molecular complexity index is 228. The second-order valence-electron chi connectivity index (χ2n) is 2.22. The summed E-state index contributed by atoms with van der Waals surface area (Å²) in [6.45, 7) is 4.32. The highest BCUT2D eigenvalue weighted by atomic mass is 16.3. The summed E-state index contributed by atoms with van der Waals surface area (Å²) in [4.78, 5) is 0. The molecule has 0 bridgehead atoms. The number of benzene rings is 1. The average molecular weight is 149 g/mol. The van der Waals surface area contributed by atoms with Gasteiger partial charge < -0.3 is 10.4 Å². The molecule has 1 aromatic rings. The van der Waals surface area contributed by atoms with E-state index in [-0.39, 0.29) is 5.75 Å². The molecule has 2 heteroatoms. The summed E-state index contributed by atoms with van der Waals surface area (Å²) in [5.41, 5.74) is 0.989. The molecule has 0 fully saturated rings. The highest BCUT2D eigenvalue weighted by molar-refractivity contribution is 5.46. The second-order valence-corrected chi connectivity index (χ2v) is 2.22. The lowest BCUT2D eigenvalue weighted by molar-refractivity contribution is 0.475. The number of anilines is 1. The molecule has 0 amide bonds. The molecule has 11 heavy (non-hydrogen) atoms. The zero-order valence-electron chi connectivity index (χ0n) is 6.25. The second kappa shape index (κ2) is 3.66. The normalized spacial score (nSPS) is 9.09. The fourth-order valence-electron chi connectivity index (χ4n) is 0.769. The average Bonchev–Trinajstić information content (AvgIpc) is 2.04. The molecule has 0 heterocycles. The Hall–Kier alpha value is -1.44. The number of hydrogen-bond acceptors (Lipinski definition) is 2. The molecule has 2 nitrogen and oxygen atoms in total. The molecule has 58 valence electrons. The predicted molar refractivity (Wildman–Crippen MR) is 46.8 cm³/mol. The monoisotopic (exact) mass is 149 g/mol. The van der Waals surface area contributed by atoms with Crippen molar-refractivity contribution in [3.8, 4) is 5.75 Å². The first-order valence-corrected chi connectivity index (χ1v) is 3.47. The Kier molecular flexibility index (Phi) is 2.55. The van der Waals surface area contributed by atoms with Crippen LogP contribution < -0.4 is 5.32 Å². The van der Waals surface area contributed by atoms with E-state index in [0.29, 0.717) is 0 Å². The fraction of sp³-hybridized carbons (Fsp3) is 0.111. The molecule has 0 saturated heterocycles. The number of hydrogen-bond donors (Lipinski definition) is 2. The Balaban J connectivity index is 2.58. The van der Waals surface area contributed by atoms with Crippen LogP contribution in [0.5, 0.6) is 5.75 Å². The maximum atomic E-state index is 8.93. The summed E-state index contributed by atoms with van der Waals surface area (Å²) in [5.74, 6) is 0.286. The van der Waals surface area contributed by atoms with Crippen LogP contribution in [0, 0.1) is 0 Å². The van der Waals surface area contributed by atoms with E-state index in [2.05, 4.69) is 11.9 Å². The summed E-state index contributed by atoms with van der Waals surface area (Å²) in [7, 11) is 0. The predicted octanol–water partition coefficient (Wildman–Crippen LogP) is 1.99. The van der Waals surface area contributed by atoms with Crippen molar-refractivity contribution in [1.29, 1.82) is 0 Å². The van der Waals surface area contributed by atoms with Gasteiger partial charge >= 0.3 is 0 Å². The maximum absolute atomic E-state index is 8.93. The molecule has 0 aliphatic carbocycles. The van der Waals surface area contributed by atoms with Gasteiger partial charge in [0.2, 0.25) is 0 Å². The third kappa shape index (κ3) is 2.34. The number of aromatic hydroxyl groups is 1. The van der Waals surface area contributed by atoms with Crippen LogP contribution in [0.3, 0.4) is 0 Å². The van der Waals surface area contributed by atoms with Gasteiger partial charge in [-0.2, -0.15) is 0 Å². The lowest BCUT2D eigenvalue weighted by atomic mass is 10.3. The highest BCUT2D eigenvalue weighted by Gasteiger charge is 1.88. The highest BCUT2D eigenvalue weighted by Crippen LogP contribution is 2.12. The minimum atomic E-state index is 0.286. The summed E-state index contributed by atoms with van der Waals surface area (Å²) in [6.07, 6.45) is 1.78. The van der Waals surface area contributed by atoms with Crippen molar-refractivity contribution in [3.05, 3.63) is 36.9 Å². The van der Waals surface area contributed by atoms with Gasteiger partial charge in [0.25, 0.3) is 0 Å². The van der Waals surface area contributed by atoms with Crippen molar-refractivity contribution >= 4 is 5.69 Å². The number of phenolic OH excluding ortho intramolecular Hbond substituents is 1. The van der Waals surface area contributed by atoms with Crippen molar-refractivity contribution in [3.63, 3.8) is 0 Å². The molecule has 1 aromatic carbocycles. The molecule has 0 unspecified atom stereocenters. The van der Waals surface area contributed by atoms with Gasteiger partial charge in [-0.1, -0.05) is 6.08 Å². The van der Waals surface area contributed by atoms with Crippen molar-refractivity contribution in [2.45, 2.75) is 0 Å². The summed E-state index contributed by atoms with van der Waals surface area (Å²) >= 11 is 0. The zero-order chi connectivity index (χ0) is 8.10. The molecule has 0 aromatic heterocycles. The van der Waals surface area contributed by atoms with E-state index in [4.69, 9.17) is 5.11 Å². The van der Waals surface area contributed by atoms with Crippen LogP contribution in [-0.4, -0.2) is 11.7 Å². The van der Waals surface area contributed by atoms with Crippen molar-refractivity contribution in [2.75, 3.05) is 11.9 Å². The summed E-state index contributed by atoms with van der Waals surface area (Å²) in [5, 5.41) is 12.0. The topological polar surface area (TPSA) is 32.3 Å². The maximum Gasteiger partial charge on any atom is 0.115 e. The molecule has 0 aliphatic rings. The first-order chi connectivity index (χ1) is 5.33. The van der Waals surface area contributed by atoms with Gasteiger partial charge in [-0.05, 0) is 24.3 Å². The summed E-state index contributed by atoms with van der Waals surface area (Å²) < 4.78 is 0. The van der Waals surface area contributed by atoms with E-state index >= 15 is 0 Å². The van der Waals surface area contributed by atoms with E-state index in [9.17, 15) is 0 Å². The molecule has 0 aliphatic heterocycles. The van der Waals surface area contributed by atoms with Crippen molar-refractivity contribution in [1.82, 2.24) is 0 Å². The molecule has 1 rings (SSSR count). The Labute approximate surface area is 66.2 Å². The third-order valence-corrected chi connectivity index (χ3v) is 1.32. The summed E-state index contributed by atoms with van der Waals surface area (Å²) in [6, 6.07) is 6.93. The van der Waals surface area contributed by atoms with Crippen molar-refractivity contribution < 1.29 is 5.11 Å². The van der Waals surface area contributed by atoms with E-state index in [1.165, 1.54) is 0 Å². The molecule has 0 atom stereocenters. The first-order valence-electron chi connectivity index (χ1n) is 3.47. The molecule has 0 radical (unpaired) electrons. The zero-order valence-corrected chi connectivity index (χ0v) is 6.25.